The first kappa shape index (κ1) is 17.0. The molecule has 7 heteroatoms. The third kappa shape index (κ3) is 6.50. The summed E-state index contributed by atoms with van der Waals surface area (Å²) < 4.78 is 0. The zero-order valence-electron chi connectivity index (χ0n) is 12.2. The van der Waals surface area contributed by atoms with Crippen LogP contribution in [-0.2, 0) is 6.42 Å². The molecule has 0 heterocycles. The van der Waals surface area contributed by atoms with E-state index >= 15 is 0 Å². The van der Waals surface area contributed by atoms with Crippen molar-refractivity contribution < 1.29 is 0 Å². The SMILES string of the molecule is NC(=N/N=C\Cc1ccc(Cl)cc1)N/N=C\c1ccc(Cl)cc1. The molecular formula is C16H15Cl2N5. The number of hydrazone groups is 1. The molecule has 0 unspecified atom stereocenters. The van der Waals surface area contributed by atoms with Crippen LogP contribution in [0.3, 0.4) is 0 Å². The van der Waals surface area contributed by atoms with E-state index in [1.807, 2.05) is 36.4 Å². The van der Waals surface area contributed by atoms with Crippen molar-refractivity contribution in [2.24, 2.45) is 21.0 Å². The average Bonchev–Trinajstić information content (AvgIpc) is 2.55. The van der Waals surface area contributed by atoms with Crippen LogP contribution in [0.5, 0.6) is 0 Å². The van der Waals surface area contributed by atoms with Gasteiger partial charge in [-0.15, -0.1) is 5.10 Å². The van der Waals surface area contributed by atoms with Crippen molar-refractivity contribution in [3.63, 3.8) is 0 Å². The number of halogens is 2. The van der Waals surface area contributed by atoms with Crippen LogP contribution in [0.15, 0.2) is 63.8 Å². The molecule has 0 aliphatic rings. The van der Waals surface area contributed by atoms with Gasteiger partial charge < -0.3 is 5.73 Å². The van der Waals surface area contributed by atoms with Gasteiger partial charge in [0.05, 0.1) is 6.21 Å². The summed E-state index contributed by atoms with van der Waals surface area (Å²) in [6, 6.07) is 14.7. The van der Waals surface area contributed by atoms with E-state index in [1.54, 1.807) is 24.6 Å². The lowest BCUT2D eigenvalue weighted by molar-refractivity contribution is 0.993. The highest BCUT2D eigenvalue weighted by molar-refractivity contribution is 6.30. The molecule has 2 aromatic rings. The summed E-state index contributed by atoms with van der Waals surface area (Å²) in [4.78, 5) is 0. The maximum atomic E-state index is 5.81. The molecule has 118 valence electrons. The highest BCUT2D eigenvalue weighted by atomic mass is 35.5. The van der Waals surface area contributed by atoms with Crippen LogP contribution in [0.25, 0.3) is 0 Å². The van der Waals surface area contributed by atoms with Crippen molar-refractivity contribution in [1.82, 2.24) is 5.43 Å². The summed E-state index contributed by atoms with van der Waals surface area (Å²) in [5, 5.41) is 13.0. The van der Waals surface area contributed by atoms with Crippen molar-refractivity contribution >= 4 is 41.6 Å². The molecule has 0 aliphatic carbocycles. The summed E-state index contributed by atoms with van der Waals surface area (Å²) >= 11 is 11.6. The fourth-order valence-electron chi connectivity index (χ4n) is 1.61. The highest BCUT2D eigenvalue weighted by Crippen LogP contribution is 2.09. The Morgan fingerprint density at radius 3 is 2.26 bits per heavy atom. The standard InChI is InChI=1S/C16H15Cl2N5/c17-14-5-1-12(2-6-14)9-10-20-22-16(19)23-21-11-13-3-7-15(18)8-4-13/h1-8,10-11H,9H2,(H3,19,22,23)/b20-10-,21-11-. The van der Waals surface area contributed by atoms with Gasteiger partial charge in [0.25, 0.3) is 0 Å². The Morgan fingerprint density at radius 2 is 1.61 bits per heavy atom. The van der Waals surface area contributed by atoms with Gasteiger partial charge in [0.15, 0.2) is 0 Å². The first-order valence-corrected chi connectivity index (χ1v) is 7.53. The summed E-state index contributed by atoms with van der Waals surface area (Å²) in [6.45, 7) is 0. The van der Waals surface area contributed by atoms with Gasteiger partial charge in [-0.05, 0) is 35.4 Å². The molecule has 0 amide bonds. The first-order chi connectivity index (χ1) is 11.1. The van der Waals surface area contributed by atoms with Crippen molar-refractivity contribution in [2.45, 2.75) is 6.42 Å². The molecule has 0 bridgehead atoms. The smallest absolute Gasteiger partial charge is 0.234 e. The third-order valence-electron chi connectivity index (χ3n) is 2.75. The molecule has 0 saturated carbocycles. The second-order valence-electron chi connectivity index (χ2n) is 4.54. The second-order valence-corrected chi connectivity index (χ2v) is 5.41. The first-order valence-electron chi connectivity index (χ1n) is 6.77. The lowest BCUT2D eigenvalue weighted by atomic mass is 10.2. The number of nitrogens with one attached hydrogen (secondary N) is 1. The van der Waals surface area contributed by atoms with E-state index in [9.17, 15) is 0 Å². The average molecular weight is 348 g/mol. The zero-order valence-corrected chi connectivity index (χ0v) is 13.7. The van der Waals surface area contributed by atoms with E-state index in [4.69, 9.17) is 28.9 Å². The Hall–Kier alpha value is -2.37. The number of hydrogen-bond acceptors (Lipinski definition) is 3. The fraction of sp³-hybridized carbons (Fsp3) is 0.0625. The number of nitrogens with two attached hydrogens (primary N) is 1. The van der Waals surface area contributed by atoms with Gasteiger partial charge >= 0.3 is 0 Å². The maximum absolute atomic E-state index is 5.81. The van der Waals surface area contributed by atoms with Crippen LogP contribution in [0.2, 0.25) is 10.0 Å². The van der Waals surface area contributed by atoms with Gasteiger partial charge in [0.2, 0.25) is 5.96 Å². The van der Waals surface area contributed by atoms with Crippen molar-refractivity contribution in [2.75, 3.05) is 0 Å². The van der Waals surface area contributed by atoms with Crippen LogP contribution in [-0.4, -0.2) is 18.4 Å². The Kier molecular flexibility index (Phi) is 6.59. The number of rotatable bonds is 5. The summed E-state index contributed by atoms with van der Waals surface area (Å²) in [6.07, 6.45) is 3.90. The lowest BCUT2D eigenvalue weighted by Crippen LogP contribution is -2.26. The number of guanidine groups is 1. The van der Waals surface area contributed by atoms with E-state index < -0.39 is 0 Å². The fourth-order valence-corrected chi connectivity index (χ4v) is 1.87. The van der Waals surface area contributed by atoms with Crippen molar-refractivity contribution in [3.8, 4) is 0 Å². The monoisotopic (exact) mass is 347 g/mol. The van der Waals surface area contributed by atoms with E-state index in [1.165, 1.54) is 0 Å². The molecule has 0 spiro atoms. The van der Waals surface area contributed by atoms with Crippen LogP contribution in [0.1, 0.15) is 11.1 Å². The summed E-state index contributed by atoms with van der Waals surface area (Å²) in [5.41, 5.74) is 10.2. The van der Waals surface area contributed by atoms with Gasteiger partial charge in [0, 0.05) is 22.7 Å². The lowest BCUT2D eigenvalue weighted by Gasteiger charge is -1.97. The molecule has 5 nitrogen and oxygen atoms in total. The number of hydrogen-bond donors (Lipinski definition) is 2. The van der Waals surface area contributed by atoms with E-state index in [2.05, 4.69) is 20.7 Å². The van der Waals surface area contributed by atoms with Gasteiger partial charge in [-0.1, -0.05) is 47.5 Å². The minimum absolute atomic E-state index is 0.0996. The van der Waals surface area contributed by atoms with Gasteiger partial charge in [-0.2, -0.15) is 10.2 Å². The van der Waals surface area contributed by atoms with Gasteiger partial charge in [-0.25, -0.2) is 5.43 Å². The Labute approximate surface area is 144 Å². The largest absolute Gasteiger partial charge is 0.367 e. The third-order valence-corrected chi connectivity index (χ3v) is 3.25. The minimum Gasteiger partial charge on any atom is -0.367 e. The molecule has 2 aromatic carbocycles. The Balaban J connectivity index is 1.79. The normalized spacial score (nSPS) is 12.2. The van der Waals surface area contributed by atoms with Crippen molar-refractivity contribution in [3.05, 3.63) is 69.7 Å². The minimum atomic E-state index is 0.0996. The predicted octanol–water partition coefficient (Wildman–Crippen LogP) is 3.46. The molecule has 0 aromatic heterocycles. The Morgan fingerprint density at radius 1 is 1.00 bits per heavy atom. The van der Waals surface area contributed by atoms with Crippen LogP contribution in [0, 0.1) is 0 Å². The maximum Gasteiger partial charge on any atom is 0.234 e. The summed E-state index contributed by atoms with van der Waals surface area (Å²) in [7, 11) is 0. The van der Waals surface area contributed by atoms with E-state index in [0.29, 0.717) is 16.5 Å². The molecule has 0 radical (unpaired) electrons. The molecule has 0 saturated heterocycles. The molecule has 0 aliphatic heterocycles. The summed E-state index contributed by atoms with van der Waals surface area (Å²) in [5.74, 6) is 0.0996. The Bertz CT molecular complexity index is 706. The molecular weight excluding hydrogens is 333 g/mol. The molecule has 23 heavy (non-hydrogen) atoms. The van der Waals surface area contributed by atoms with Gasteiger partial charge in [-0.3, -0.25) is 0 Å². The predicted molar refractivity (Wildman–Crippen MR) is 97.5 cm³/mol. The van der Waals surface area contributed by atoms with Crippen LogP contribution in [0.4, 0.5) is 0 Å². The quantitative estimate of drug-likeness (QED) is 0.493. The van der Waals surface area contributed by atoms with Crippen LogP contribution >= 0.6 is 23.2 Å². The topological polar surface area (TPSA) is 75.1 Å². The molecule has 0 atom stereocenters. The molecule has 3 N–H and O–H groups in total. The molecule has 0 fully saturated rings. The second kappa shape index (κ2) is 8.92. The van der Waals surface area contributed by atoms with E-state index in [0.717, 1.165) is 11.1 Å². The number of benzene rings is 2. The van der Waals surface area contributed by atoms with Gasteiger partial charge in [0.1, 0.15) is 0 Å². The van der Waals surface area contributed by atoms with E-state index in [-0.39, 0.29) is 5.96 Å². The molecule has 2 rings (SSSR count). The van der Waals surface area contributed by atoms with Crippen LogP contribution < -0.4 is 11.2 Å². The highest BCUT2D eigenvalue weighted by Gasteiger charge is 1.91. The van der Waals surface area contributed by atoms with Crippen molar-refractivity contribution in [1.29, 1.82) is 0 Å². The number of nitrogens with zero attached hydrogens (tertiary/aromatic N) is 3. The zero-order chi connectivity index (χ0) is 16.5.